The van der Waals surface area contributed by atoms with Gasteiger partial charge in [-0.15, -0.1) is 0 Å². The van der Waals surface area contributed by atoms with Crippen molar-refractivity contribution in [1.82, 2.24) is 10.4 Å². The molecule has 2 unspecified atom stereocenters. The smallest absolute Gasteiger partial charge is 0.374 e. The molecule has 2 aliphatic rings. The van der Waals surface area contributed by atoms with E-state index in [-0.39, 0.29) is 37.5 Å². The summed E-state index contributed by atoms with van der Waals surface area (Å²) in [4.78, 5) is 34.5. The Morgan fingerprint density at radius 1 is 1.13 bits per heavy atom. The first-order valence-corrected chi connectivity index (χ1v) is 11.6. The van der Waals surface area contributed by atoms with Crippen molar-refractivity contribution < 1.29 is 45.6 Å². The number of nitrogens with zero attached hydrogens (tertiary/aromatic N) is 2. The number of amides is 2. The number of benzene rings is 2. The van der Waals surface area contributed by atoms with E-state index in [0.29, 0.717) is 5.56 Å². The van der Waals surface area contributed by atoms with Gasteiger partial charge < -0.3 is 10.2 Å². The van der Waals surface area contributed by atoms with Gasteiger partial charge in [0.2, 0.25) is 0 Å². The van der Waals surface area contributed by atoms with Crippen LogP contribution in [0, 0.1) is 6.92 Å². The number of hydrogen-bond donors (Lipinski definition) is 1. The lowest BCUT2D eigenvalue weighted by molar-refractivity contribution is -0.275. The first kappa shape index (κ1) is 28.0. The molecule has 38 heavy (non-hydrogen) atoms. The molecule has 1 saturated heterocycles. The molecular weight excluding hydrogens is 567 g/mol. The molecule has 1 N–H and O–H groups in total. The van der Waals surface area contributed by atoms with E-state index >= 15 is 0 Å². The second-order valence-corrected chi connectivity index (χ2v) is 9.50. The molecule has 204 valence electrons. The van der Waals surface area contributed by atoms with Gasteiger partial charge in [-0.2, -0.15) is 26.3 Å². The van der Waals surface area contributed by atoms with Crippen molar-refractivity contribution >= 4 is 40.7 Å². The van der Waals surface area contributed by atoms with Crippen LogP contribution in [0.25, 0.3) is 0 Å². The summed E-state index contributed by atoms with van der Waals surface area (Å²) >= 11 is 11.8. The maximum absolute atomic E-state index is 14.2. The zero-order chi connectivity index (χ0) is 28.0. The SMILES string of the molecule is Cc1cc(C2=NOC(c3cc(Cl)cc(Cl)c3)(C(F)(F)F)C2)ccc1C(=O)NC1CON(CC(F)(F)F)C1=O. The molecule has 2 aromatic rings. The number of carbonyl (C=O) groups excluding carboxylic acids is 2. The fraction of sp³-hybridized carbons (Fsp3) is 0.348. The summed E-state index contributed by atoms with van der Waals surface area (Å²) in [5.74, 6) is -1.85. The lowest BCUT2D eigenvalue weighted by Crippen LogP contribution is -2.44. The Labute approximate surface area is 221 Å². The third kappa shape index (κ3) is 5.54. The Kier molecular flexibility index (Phi) is 7.32. The summed E-state index contributed by atoms with van der Waals surface area (Å²) < 4.78 is 80.3. The normalized spacial score (nSPS) is 21.9. The van der Waals surface area contributed by atoms with Crippen molar-refractivity contribution in [2.75, 3.05) is 13.2 Å². The zero-order valence-corrected chi connectivity index (χ0v) is 20.7. The number of alkyl halides is 6. The van der Waals surface area contributed by atoms with Crippen molar-refractivity contribution in [3.8, 4) is 0 Å². The van der Waals surface area contributed by atoms with Crippen LogP contribution in [-0.4, -0.2) is 54.1 Å². The topological polar surface area (TPSA) is 80.2 Å². The number of hydrogen-bond acceptors (Lipinski definition) is 5. The summed E-state index contributed by atoms with van der Waals surface area (Å²) in [7, 11) is 0. The van der Waals surface area contributed by atoms with Gasteiger partial charge in [-0.05, 0) is 48.4 Å². The standard InChI is InChI=1S/C23H17Cl2F6N3O4/c1-11-4-12(2-3-16(11)19(35)32-18-9-37-34(20(18)36)10-22(26,27)28)17-8-21(38-33-17,23(29,30)31)13-5-14(24)7-15(25)6-13/h2-7,18H,8-10H2,1H3,(H,32,35). The summed E-state index contributed by atoms with van der Waals surface area (Å²) in [6, 6.07) is 6.14. The molecule has 2 aromatic carbocycles. The molecule has 2 heterocycles. The summed E-state index contributed by atoms with van der Waals surface area (Å²) in [6.07, 6.45) is -10.3. The van der Waals surface area contributed by atoms with E-state index in [9.17, 15) is 35.9 Å². The van der Waals surface area contributed by atoms with Crippen molar-refractivity contribution in [3.63, 3.8) is 0 Å². The third-order valence-corrected chi connectivity index (χ3v) is 6.32. The summed E-state index contributed by atoms with van der Waals surface area (Å²) in [6.45, 7) is -0.624. The molecule has 15 heteroatoms. The fourth-order valence-electron chi connectivity index (χ4n) is 4.04. The minimum Gasteiger partial charge on any atom is -0.374 e. The van der Waals surface area contributed by atoms with Crippen LogP contribution < -0.4 is 5.32 Å². The lowest BCUT2D eigenvalue weighted by Gasteiger charge is -2.29. The van der Waals surface area contributed by atoms with E-state index in [4.69, 9.17) is 32.9 Å². The summed E-state index contributed by atoms with van der Waals surface area (Å²) in [5.41, 5.74) is -2.66. The van der Waals surface area contributed by atoms with Crippen molar-refractivity contribution in [2.45, 2.75) is 37.3 Å². The maximum atomic E-state index is 14.2. The second kappa shape index (κ2) is 9.93. The van der Waals surface area contributed by atoms with Gasteiger partial charge in [0.1, 0.15) is 19.2 Å². The number of halogens is 8. The van der Waals surface area contributed by atoms with E-state index in [2.05, 4.69) is 10.5 Å². The van der Waals surface area contributed by atoms with Crippen LogP contribution in [0.4, 0.5) is 26.3 Å². The largest absolute Gasteiger partial charge is 0.435 e. The molecule has 0 radical (unpaired) electrons. The average molecular weight is 584 g/mol. The second-order valence-electron chi connectivity index (χ2n) is 8.63. The number of oxime groups is 1. The average Bonchev–Trinajstić information content (AvgIpc) is 3.38. The predicted molar refractivity (Wildman–Crippen MR) is 123 cm³/mol. The highest BCUT2D eigenvalue weighted by atomic mass is 35.5. The Morgan fingerprint density at radius 3 is 2.37 bits per heavy atom. The van der Waals surface area contributed by atoms with Crippen LogP contribution in [0.1, 0.15) is 33.5 Å². The highest BCUT2D eigenvalue weighted by molar-refractivity contribution is 6.34. The first-order chi connectivity index (χ1) is 17.6. The Morgan fingerprint density at radius 2 is 1.79 bits per heavy atom. The van der Waals surface area contributed by atoms with Crippen LogP contribution in [0.5, 0.6) is 0 Å². The molecule has 2 amide bonds. The fourth-order valence-corrected chi connectivity index (χ4v) is 4.57. The molecule has 0 aliphatic carbocycles. The number of hydroxylamine groups is 2. The molecule has 0 saturated carbocycles. The van der Waals surface area contributed by atoms with Gasteiger partial charge in [0.05, 0.1) is 5.71 Å². The molecule has 0 bridgehead atoms. The highest BCUT2D eigenvalue weighted by Gasteiger charge is 2.62. The molecule has 2 atom stereocenters. The van der Waals surface area contributed by atoms with Crippen LogP contribution in [0.15, 0.2) is 41.6 Å². The number of aryl methyl sites for hydroxylation is 1. The molecule has 0 aromatic heterocycles. The van der Waals surface area contributed by atoms with E-state index in [1.54, 1.807) is 0 Å². The molecule has 7 nitrogen and oxygen atoms in total. The van der Waals surface area contributed by atoms with E-state index in [0.717, 1.165) is 12.1 Å². The third-order valence-electron chi connectivity index (χ3n) is 5.89. The van der Waals surface area contributed by atoms with Gasteiger partial charge >= 0.3 is 12.4 Å². The summed E-state index contributed by atoms with van der Waals surface area (Å²) in [5, 5.41) is 6.05. The van der Waals surface area contributed by atoms with E-state index < -0.39 is 55.4 Å². The molecule has 0 spiro atoms. The molecule has 4 rings (SSSR count). The quantitative estimate of drug-likeness (QED) is 0.483. The number of rotatable bonds is 5. The van der Waals surface area contributed by atoms with Gasteiger partial charge in [-0.3, -0.25) is 14.4 Å². The van der Waals surface area contributed by atoms with Gasteiger partial charge in [0.15, 0.2) is 0 Å². The van der Waals surface area contributed by atoms with Gasteiger partial charge in [0.25, 0.3) is 17.4 Å². The highest BCUT2D eigenvalue weighted by Crippen LogP contribution is 2.49. The first-order valence-electron chi connectivity index (χ1n) is 10.8. The molecule has 2 aliphatic heterocycles. The lowest BCUT2D eigenvalue weighted by atomic mass is 9.86. The molecular formula is C23H17Cl2F6N3O4. The van der Waals surface area contributed by atoms with Gasteiger partial charge in [-0.25, -0.2) is 5.06 Å². The molecule has 1 fully saturated rings. The van der Waals surface area contributed by atoms with Crippen molar-refractivity contribution in [1.29, 1.82) is 0 Å². The monoisotopic (exact) mass is 583 g/mol. The van der Waals surface area contributed by atoms with Gasteiger partial charge in [-0.1, -0.05) is 34.4 Å². The van der Waals surface area contributed by atoms with Gasteiger partial charge in [0, 0.05) is 27.6 Å². The zero-order valence-electron chi connectivity index (χ0n) is 19.2. The number of carbonyl (C=O) groups is 2. The number of nitrogens with one attached hydrogen (secondary N) is 1. The van der Waals surface area contributed by atoms with E-state index in [1.165, 1.54) is 31.2 Å². The Bertz CT molecular complexity index is 1300. The Hall–Kier alpha value is -3.03. The van der Waals surface area contributed by atoms with E-state index in [1.807, 2.05) is 0 Å². The minimum absolute atomic E-state index is 0.0212. The van der Waals surface area contributed by atoms with Crippen LogP contribution in [0.3, 0.4) is 0 Å². The minimum atomic E-state index is -4.89. The predicted octanol–water partition coefficient (Wildman–Crippen LogP) is 5.32. The van der Waals surface area contributed by atoms with Crippen molar-refractivity contribution in [3.05, 3.63) is 68.7 Å². The van der Waals surface area contributed by atoms with Crippen LogP contribution in [0.2, 0.25) is 10.0 Å². The van der Waals surface area contributed by atoms with Crippen molar-refractivity contribution in [2.24, 2.45) is 5.16 Å². The Balaban J connectivity index is 1.51. The van der Waals surface area contributed by atoms with Crippen LogP contribution >= 0.6 is 23.2 Å². The maximum Gasteiger partial charge on any atom is 0.435 e. The van der Waals surface area contributed by atoms with Crippen LogP contribution in [-0.2, 0) is 20.1 Å².